The van der Waals surface area contributed by atoms with Gasteiger partial charge in [0.05, 0.1) is 6.04 Å². The van der Waals surface area contributed by atoms with Crippen LogP contribution in [0.4, 0.5) is 0 Å². The molecule has 19 heavy (non-hydrogen) atoms. The van der Waals surface area contributed by atoms with Crippen LogP contribution in [-0.2, 0) is 11.3 Å². The quantitative estimate of drug-likeness (QED) is 0.771. The maximum Gasteiger partial charge on any atom is 0.247 e. The van der Waals surface area contributed by atoms with Crippen molar-refractivity contribution in [1.29, 1.82) is 0 Å². The number of nitrogens with zero attached hydrogens (tertiary/aromatic N) is 2. The van der Waals surface area contributed by atoms with Crippen LogP contribution in [0.1, 0.15) is 24.2 Å². The summed E-state index contributed by atoms with van der Waals surface area (Å²) >= 11 is 1.64. The molecule has 1 unspecified atom stereocenters. The highest BCUT2D eigenvalue weighted by Gasteiger charge is 2.25. The Morgan fingerprint density at radius 3 is 3.11 bits per heavy atom. The summed E-state index contributed by atoms with van der Waals surface area (Å²) in [7, 11) is 0. The lowest BCUT2D eigenvalue weighted by Crippen LogP contribution is -2.39. The van der Waals surface area contributed by atoms with Crippen LogP contribution in [-0.4, -0.2) is 21.9 Å². The standard InChI is InChI=1S/C15H16N2OS/c1-12-14-3-2-7-16(14)8-9-17(12)15(18)5-4-13-6-10-19-11-13/h2-7,10-12H,8-9H2,1H3/b5-4+. The van der Waals surface area contributed by atoms with Gasteiger partial charge in [-0.15, -0.1) is 0 Å². The summed E-state index contributed by atoms with van der Waals surface area (Å²) in [4.78, 5) is 14.2. The molecule has 0 N–H and O–H groups in total. The Hall–Kier alpha value is -1.81. The van der Waals surface area contributed by atoms with Crippen LogP contribution in [0.5, 0.6) is 0 Å². The molecule has 0 saturated heterocycles. The van der Waals surface area contributed by atoms with Crippen LogP contribution in [0.15, 0.2) is 41.2 Å². The fourth-order valence-electron chi connectivity index (χ4n) is 2.51. The van der Waals surface area contributed by atoms with Gasteiger partial charge in [0, 0.05) is 31.1 Å². The van der Waals surface area contributed by atoms with E-state index < -0.39 is 0 Å². The highest BCUT2D eigenvalue weighted by atomic mass is 32.1. The molecule has 1 aliphatic rings. The Morgan fingerprint density at radius 1 is 1.42 bits per heavy atom. The summed E-state index contributed by atoms with van der Waals surface area (Å²) in [6, 6.07) is 6.29. The Morgan fingerprint density at radius 2 is 2.32 bits per heavy atom. The first-order valence-electron chi connectivity index (χ1n) is 6.41. The van der Waals surface area contributed by atoms with Gasteiger partial charge in [0.2, 0.25) is 5.91 Å². The third kappa shape index (κ3) is 2.36. The smallest absolute Gasteiger partial charge is 0.247 e. The van der Waals surface area contributed by atoms with Crippen molar-refractivity contribution in [2.75, 3.05) is 6.54 Å². The van der Waals surface area contributed by atoms with Crippen molar-refractivity contribution in [1.82, 2.24) is 9.47 Å². The summed E-state index contributed by atoms with van der Waals surface area (Å²) in [6.45, 7) is 3.74. The first-order valence-corrected chi connectivity index (χ1v) is 7.36. The maximum atomic E-state index is 12.3. The Kier molecular flexibility index (Phi) is 3.25. The fraction of sp³-hybridized carbons (Fsp3) is 0.267. The van der Waals surface area contributed by atoms with Crippen molar-refractivity contribution in [3.63, 3.8) is 0 Å². The van der Waals surface area contributed by atoms with Crippen LogP contribution < -0.4 is 0 Å². The van der Waals surface area contributed by atoms with Crippen LogP contribution in [0.2, 0.25) is 0 Å². The van der Waals surface area contributed by atoms with E-state index in [4.69, 9.17) is 0 Å². The largest absolute Gasteiger partial charge is 0.348 e. The zero-order valence-electron chi connectivity index (χ0n) is 10.8. The lowest BCUT2D eigenvalue weighted by molar-refractivity contribution is -0.129. The molecule has 0 bridgehead atoms. The first-order chi connectivity index (χ1) is 9.25. The second-order valence-corrected chi connectivity index (χ2v) is 5.50. The van der Waals surface area contributed by atoms with Gasteiger partial charge in [-0.3, -0.25) is 4.79 Å². The van der Waals surface area contributed by atoms with E-state index in [0.29, 0.717) is 0 Å². The molecule has 3 rings (SSSR count). The van der Waals surface area contributed by atoms with E-state index in [2.05, 4.69) is 23.8 Å². The van der Waals surface area contributed by atoms with Crippen molar-refractivity contribution < 1.29 is 4.79 Å². The van der Waals surface area contributed by atoms with E-state index >= 15 is 0 Å². The first kappa shape index (κ1) is 12.2. The van der Waals surface area contributed by atoms with Crippen LogP contribution in [0.3, 0.4) is 0 Å². The number of carbonyl (C=O) groups excluding carboxylic acids is 1. The summed E-state index contributed by atoms with van der Waals surface area (Å²) in [6.07, 6.45) is 5.64. The highest BCUT2D eigenvalue weighted by molar-refractivity contribution is 7.08. The monoisotopic (exact) mass is 272 g/mol. The van der Waals surface area contributed by atoms with Gasteiger partial charge in [-0.2, -0.15) is 11.3 Å². The van der Waals surface area contributed by atoms with Gasteiger partial charge in [-0.05, 0) is 47.5 Å². The van der Waals surface area contributed by atoms with E-state index in [-0.39, 0.29) is 11.9 Å². The predicted molar refractivity (Wildman–Crippen MR) is 77.9 cm³/mol. The molecule has 1 aliphatic heterocycles. The maximum absolute atomic E-state index is 12.3. The molecule has 0 spiro atoms. The van der Waals surface area contributed by atoms with Crippen LogP contribution >= 0.6 is 11.3 Å². The topological polar surface area (TPSA) is 25.2 Å². The number of aromatic nitrogens is 1. The minimum Gasteiger partial charge on any atom is -0.348 e. The minimum atomic E-state index is 0.0890. The van der Waals surface area contributed by atoms with Crippen LogP contribution in [0, 0.1) is 0 Å². The van der Waals surface area contributed by atoms with Crippen LogP contribution in [0.25, 0.3) is 6.08 Å². The lowest BCUT2D eigenvalue weighted by Gasteiger charge is -2.34. The number of amides is 1. The summed E-state index contributed by atoms with van der Waals surface area (Å²) in [5, 5.41) is 4.05. The van der Waals surface area contributed by atoms with Gasteiger partial charge >= 0.3 is 0 Å². The van der Waals surface area contributed by atoms with Crippen molar-refractivity contribution in [3.05, 3.63) is 52.5 Å². The SMILES string of the molecule is CC1c2cccn2CCN1C(=O)/C=C/c1ccsc1. The third-order valence-electron chi connectivity index (χ3n) is 3.59. The molecular formula is C15H16N2OS. The lowest BCUT2D eigenvalue weighted by atomic mass is 10.1. The van der Waals surface area contributed by atoms with E-state index in [1.165, 1.54) is 5.69 Å². The zero-order chi connectivity index (χ0) is 13.2. The van der Waals surface area contributed by atoms with E-state index in [9.17, 15) is 4.79 Å². The van der Waals surface area contributed by atoms with Gasteiger partial charge in [0.25, 0.3) is 0 Å². The fourth-order valence-corrected chi connectivity index (χ4v) is 3.14. The molecule has 0 radical (unpaired) electrons. The van der Waals surface area contributed by atoms with Crippen molar-refractivity contribution >= 4 is 23.3 Å². The van der Waals surface area contributed by atoms with Gasteiger partial charge in [-0.25, -0.2) is 0 Å². The van der Waals surface area contributed by atoms with E-state index in [1.807, 2.05) is 33.9 Å². The number of hydrogen-bond donors (Lipinski definition) is 0. The molecular weight excluding hydrogens is 256 g/mol. The molecule has 0 aliphatic carbocycles. The average molecular weight is 272 g/mol. The predicted octanol–water partition coefficient (Wildman–Crippen LogP) is 3.17. The molecule has 3 heterocycles. The average Bonchev–Trinajstić information content (AvgIpc) is 3.07. The molecule has 0 saturated carbocycles. The van der Waals surface area contributed by atoms with Crippen molar-refractivity contribution in [2.24, 2.45) is 0 Å². The van der Waals surface area contributed by atoms with E-state index in [0.717, 1.165) is 18.7 Å². The number of hydrogen-bond acceptors (Lipinski definition) is 2. The molecule has 2 aromatic heterocycles. The van der Waals surface area contributed by atoms with Gasteiger partial charge in [0.15, 0.2) is 0 Å². The number of thiophene rings is 1. The Labute approximate surface area is 116 Å². The molecule has 0 fully saturated rings. The third-order valence-corrected chi connectivity index (χ3v) is 4.29. The van der Waals surface area contributed by atoms with Gasteiger partial charge < -0.3 is 9.47 Å². The van der Waals surface area contributed by atoms with Crippen molar-refractivity contribution in [2.45, 2.75) is 19.5 Å². The normalized spacial score (nSPS) is 18.8. The number of rotatable bonds is 2. The summed E-state index contributed by atoms with van der Waals surface area (Å²) in [5.74, 6) is 0.0890. The Balaban J connectivity index is 1.75. The van der Waals surface area contributed by atoms with Gasteiger partial charge in [0.1, 0.15) is 0 Å². The molecule has 98 valence electrons. The molecule has 2 aromatic rings. The Bertz CT molecular complexity index is 597. The molecule has 1 atom stereocenters. The molecule has 4 heteroatoms. The zero-order valence-corrected chi connectivity index (χ0v) is 11.6. The second-order valence-electron chi connectivity index (χ2n) is 4.72. The highest BCUT2D eigenvalue weighted by Crippen LogP contribution is 2.25. The van der Waals surface area contributed by atoms with Crippen molar-refractivity contribution in [3.8, 4) is 0 Å². The summed E-state index contributed by atoms with van der Waals surface area (Å²) < 4.78 is 2.22. The second kappa shape index (κ2) is 5.05. The summed E-state index contributed by atoms with van der Waals surface area (Å²) in [5.41, 5.74) is 2.30. The number of fused-ring (bicyclic) bond motifs is 1. The molecule has 1 amide bonds. The molecule has 3 nitrogen and oxygen atoms in total. The molecule has 0 aromatic carbocycles. The minimum absolute atomic E-state index is 0.0890. The number of carbonyl (C=O) groups is 1. The van der Waals surface area contributed by atoms with Gasteiger partial charge in [-0.1, -0.05) is 0 Å². The van der Waals surface area contributed by atoms with E-state index in [1.54, 1.807) is 17.4 Å².